The van der Waals surface area contributed by atoms with Gasteiger partial charge in [-0.25, -0.2) is 15.0 Å². The molecule has 88 valence electrons. The van der Waals surface area contributed by atoms with Crippen LogP contribution in [-0.2, 0) is 0 Å². The second-order valence-electron chi connectivity index (χ2n) is 4.02. The van der Waals surface area contributed by atoms with E-state index in [0.29, 0.717) is 11.1 Å². The van der Waals surface area contributed by atoms with Crippen LogP contribution in [0.3, 0.4) is 0 Å². The van der Waals surface area contributed by atoms with Crippen molar-refractivity contribution in [3.8, 4) is 0 Å². The van der Waals surface area contributed by atoms with Gasteiger partial charge in [0, 0.05) is 12.0 Å². The molecule has 3 rings (SSSR count). The molecule has 0 amide bonds. The van der Waals surface area contributed by atoms with Gasteiger partial charge in [0.1, 0.15) is 21.7 Å². The molecular formula is C11H10BrN3OS. The van der Waals surface area contributed by atoms with Crippen molar-refractivity contribution in [2.24, 2.45) is 0 Å². The molecule has 17 heavy (non-hydrogen) atoms. The minimum Gasteiger partial charge on any atom is -0.439 e. The molecule has 0 aromatic carbocycles. The number of hydrogen-bond donors (Lipinski definition) is 0. The lowest BCUT2D eigenvalue weighted by atomic mass is 10.4. The van der Waals surface area contributed by atoms with Crippen molar-refractivity contribution in [2.75, 3.05) is 0 Å². The van der Waals surface area contributed by atoms with E-state index in [0.717, 1.165) is 21.1 Å². The molecule has 0 radical (unpaired) electrons. The molecule has 0 spiro atoms. The van der Waals surface area contributed by atoms with Crippen molar-refractivity contribution in [3.05, 3.63) is 28.5 Å². The summed E-state index contributed by atoms with van der Waals surface area (Å²) in [5.74, 6) is 1.46. The van der Waals surface area contributed by atoms with E-state index in [1.54, 1.807) is 6.26 Å². The molecule has 2 aromatic rings. The van der Waals surface area contributed by atoms with Crippen LogP contribution in [0.2, 0.25) is 0 Å². The Kier molecular flexibility index (Phi) is 2.92. The number of rotatable bonds is 3. The largest absolute Gasteiger partial charge is 0.439 e. The highest BCUT2D eigenvalue weighted by Gasteiger charge is 2.27. The Bertz CT molecular complexity index is 553. The number of halogens is 1. The van der Waals surface area contributed by atoms with E-state index in [4.69, 9.17) is 4.42 Å². The first-order valence-electron chi connectivity index (χ1n) is 5.35. The molecule has 0 aliphatic heterocycles. The third-order valence-corrected chi connectivity index (χ3v) is 3.61. The van der Waals surface area contributed by atoms with Crippen LogP contribution in [0.4, 0.5) is 0 Å². The Morgan fingerprint density at radius 3 is 2.82 bits per heavy atom. The van der Waals surface area contributed by atoms with Crippen molar-refractivity contribution in [1.29, 1.82) is 0 Å². The number of aromatic nitrogens is 3. The Balaban J connectivity index is 1.86. The van der Waals surface area contributed by atoms with E-state index >= 15 is 0 Å². The van der Waals surface area contributed by atoms with Crippen LogP contribution in [0.1, 0.15) is 30.3 Å². The van der Waals surface area contributed by atoms with E-state index in [2.05, 4.69) is 30.9 Å². The predicted molar refractivity (Wildman–Crippen MR) is 67.1 cm³/mol. The fourth-order valence-electron chi connectivity index (χ4n) is 1.46. The van der Waals surface area contributed by atoms with E-state index in [-0.39, 0.29) is 0 Å². The van der Waals surface area contributed by atoms with Crippen LogP contribution in [0.15, 0.2) is 31.6 Å². The smallest absolute Gasteiger partial charge is 0.262 e. The molecule has 2 heterocycles. The zero-order valence-electron chi connectivity index (χ0n) is 9.18. The van der Waals surface area contributed by atoms with Gasteiger partial charge in [0.05, 0.1) is 5.69 Å². The van der Waals surface area contributed by atoms with Crippen LogP contribution in [0.25, 0.3) is 0 Å². The van der Waals surface area contributed by atoms with E-state index < -0.39 is 0 Å². The Hall–Kier alpha value is -0.880. The zero-order chi connectivity index (χ0) is 11.8. The summed E-state index contributed by atoms with van der Waals surface area (Å²) in [6.07, 6.45) is 4.03. The average Bonchev–Trinajstić information content (AvgIpc) is 3.03. The monoisotopic (exact) mass is 311 g/mol. The van der Waals surface area contributed by atoms with Crippen molar-refractivity contribution >= 4 is 27.7 Å². The molecule has 1 aliphatic carbocycles. The van der Waals surface area contributed by atoms with Gasteiger partial charge >= 0.3 is 0 Å². The lowest BCUT2D eigenvalue weighted by Crippen LogP contribution is -1.94. The highest BCUT2D eigenvalue weighted by Crippen LogP contribution is 2.39. The highest BCUT2D eigenvalue weighted by molar-refractivity contribution is 9.10. The molecule has 0 N–H and O–H groups in total. The van der Waals surface area contributed by atoms with Crippen LogP contribution in [0.5, 0.6) is 0 Å². The minimum absolute atomic E-state index is 0.540. The number of aryl methyl sites for hydroxylation is 1. The van der Waals surface area contributed by atoms with E-state index in [1.165, 1.54) is 24.6 Å². The molecule has 2 aromatic heterocycles. The lowest BCUT2D eigenvalue weighted by Gasteiger charge is -2.01. The number of nitrogens with zero attached hydrogens (tertiary/aromatic N) is 3. The maximum Gasteiger partial charge on any atom is 0.262 e. The third-order valence-electron chi connectivity index (χ3n) is 2.42. The van der Waals surface area contributed by atoms with E-state index in [9.17, 15) is 0 Å². The van der Waals surface area contributed by atoms with Gasteiger partial charge in [-0.3, -0.25) is 0 Å². The van der Waals surface area contributed by atoms with Gasteiger partial charge in [-0.05, 0) is 47.5 Å². The first-order chi connectivity index (χ1) is 8.20. The van der Waals surface area contributed by atoms with Gasteiger partial charge in [0.2, 0.25) is 0 Å². The van der Waals surface area contributed by atoms with Gasteiger partial charge < -0.3 is 4.42 Å². The first kappa shape index (κ1) is 11.2. The quantitative estimate of drug-likeness (QED) is 0.811. The molecule has 0 saturated heterocycles. The van der Waals surface area contributed by atoms with Crippen molar-refractivity contribution in [2.45, 2.75) is 35.9 Å². The molecule has 1 saturated carbocycles. The SMILES string of the molecule is Cc1coc(Sc2cc(Br)nc(C3CC3)n2)n1. The minimum atomic E-state index is 0.540. The van der Waals surface area contributed by atoms with Gasteiger partial charge in [-0.2, -0.15) is 0 Å². The molecule has 0 atom stereocenters. The molecule has 1 aliphatic rings. The molecule has 1 fully saturated rings. The number of oxazole rings is 1. The first-order valence-corrected chi connectivity index (χ1v) is 6.96. The number of hydrogen-bond acceptors (Lipinski definition) is 5. The predicted octanol–water partition coefficient (Wildman–Crippen LogP) is 3.56. The van der Waals surface area contributed by atoms with Crippen molar-refractivity contribution in [3.63, 3.8) is 0 Å². The maximum absolute atomic E-state index is 5.30. The second-order valence-corrected chi connectivity index (χ2v) is 5.80. The Morgan fingerprint density at radius 2 is 2.18 bits per heavy atom. The normalized spacial score (nSPS) is 15.2. The van der Waals surface area contributed by atoms with Gasteiger partial charge in [0.15, 0.2) is 0 Å². The standard InChI is InChI=1S/C11H10BrN3OS/c1-6-5-16-11(13-6)17-9-4-8(12)14-10(15-9)7-2-3-7/h4-5,7H,2-3H2,1H3. The lowest BCUT2D eigenvalue weighted by molar-refractivity contribution is 0.453. The summed E-state index contributed by atoms with van der Waals surface area (Å²) in [4.78, 5) is 13.2. The van der Waals surface area contributed by atoms with Gasteiger partial charge in [0.25, 0.3) is 5.22 Å². The van der Waals surface area contributed by atoms with Crippen LogP contribution in [-0.4, -0.2) is 15.0 Å². The summed E-state index contributed by atoms with van der Waals surface area (Å²) in [6, 6.07) is 1.88. The molecule has 0 bridgehead atoms. The molecule has 0 unspecified atom stereocenters. The third kappa shape index (κ3) is 2.69. The van der Waals surface area contributed by atoms with Crippen LogP contribution in [0, 0.1) is 6.92 Å². The van der Waals surface area contributed by atoms with Crippen molar-refractivity contribution in [1.82, 2.24) is 15.0 Å². The highest BCUT2D eigenvalue weighted by atomic mass is 79.9. The van der Waals surface area contributed by atoms with Crippen LogP contribution >= 0.6 is 27.7 Å². The summed E-state index contributed by atoms with van der Waals surface area (Å²) >= 11 is 4.84. The Labute approximate surface area is 111 Å². The average molecular weight is 312 g/mol. The van der Waals surface area contributed by atoms with Crippen molar-refractivity contribution < 1.29 is 4.42 Å². The van der Waals surface area contributed by atoms with Crippen LogP contribution < -0.4 is 0 Å². The maximum atomic E-state index is 5.30. The van der Waals surface area contributed by atoms with Gasteiger partial charge in [-0.1, -0.05) is 0 Å². The van der Waals surface area contributed by atoms with Gasteiger partial charge in [-0.15, -0.1) is 0 Å². The summed E-state index contributed by atoms with van der Waals surface area (Å²) in [6.45, 7) is 1.90. The second kappa shape index (κ2) is 4.42. The Morgan fingerprint density at radius 1 is 1.35 bits per heavy atom. The summed E-state index contributed by atoms with van der Waals surface area (Å²) in [7, 11) is 0. The molecule has 4 nitrogen and oxygen atoms in total. The fraction of sp³-hybridized carbons (Fsp3) is 0.364. The molecule has 6 heteroatoms. The summed E-state index contributed by atoms with van der Waals surface area (Å²) in [5, 5.41) is 1.49. The molecular weight excluding hydrogens is 302 g/mol. The van der Waals surface area contributed by atoms with E-state index in [1.807, 2.05) is 13.0 Å². The zero-order valence-corrected chi connectivity index (χ0v) is 11.6. The summed E-state index contributed by atoms with van der Waals surface area (Å²) in [5.41, 5.74) is 0.878. The summed E-state index contributed by atoms with van der Waals surface area (Å²) < 4.78 is 6.12. The topological polar surface area (TPSA) is 51.8 Å². The fourth-order valence-corrected chi connectivity index (χ4v) is 2.78.